The normalized spacial score (nSPS) is 12.3. The Hall–Kier alpha value is -2.56. The number of amides is 1. The van der Waals surface area contributed by atoms with E-state index in [-0.39, 0.29) is 18.3 Å². The molecule has 3 N–H and O–H groups in total. The van der Waals surface area contributed by atoms with Gasteiger partial charge in [0.1, 0.15) is 0 Å². The Morgan fingerprint density at radius 2 is 1.54 bits per heavy atom. The van der Waals surface area contributed by atoms with Crippen molar-refractivity contribution in [3.8, 4) is 0 Å². The molecule has 1 amide bonds. The van der Waals surface area contributed by atoms with Crippen molar-refractivity contribution >= 4 is 17.6 Å². The van der Waals surface area contributed by atoms with Gasteiger partial charge < -0.3 is 15.8 Å². The van der Waals surface area contributed by atoms with Gasteiger partial charge in [-0.05, 0) is 56.2 Å². The Morgan fingerprint density at radius 3 is 2.23 bits per heavy atom. The fourth-order valence-electron chi connectivity index (χ4n) is 3.96. The number of benzene rings is 1. The zero-order chi connectivity index (χ0) is 25.6. The summed E-state index contributed by atoms with van der Waals surface area (Å²) < 4.78 is 5.24. The minimum Gasteiger partial charge on any atom is -0.442 e. The summed E-state index contributed by atoms with van der Waals surface area (Å²) in [6.07, 6.45) is 22.5. The number of ether oxygens (including phenoxy) is 1. The molecule has 1 rings (SSSR count). The largest absolute Gasteiger partial charge is 0.442 e. The van der Waals surface area contributed by atoms with E-state index in [0.717, 1.165) is 69.8 Å². The third kappa shape index (κ3) is 16.7. The van der Waals surface area contributed by atoms with Crippen LogP contribution in [-0.2, 0) is 16.1 Å². The maximum Gasteiger partial charge on any atom is 0.407 e. The van der Waals surface area contributed by atoms with Gasteiger partial charge >= 0.3 is 6.09 Å². The molecule has 0 aliphatic rings. The molecule has 0 spiro atoms. The number of nitrogen functional groups attached to an aromatic ring is 1. The number of hydrogen-bond acceptors (Lipinski definition) is 4. The van der Waals surface area contributed by atoms with E-state index in [1.165, 1.54) is 19.3 Å². The maximum atomic E-state index is 12.8. The SMILES string of the molecule is CCC=CCC=CCCCCCC(CCCCCCC)C(=O)COC(=O)NCc1ccc(N)cc1. The third-order valence-corrected chi connectivity index (χ3v) is 6.14. The van der Waals surface area contributed by atoms with E-state index in [9.17, 15) is 9.59 Å². The molecule has 0 heterocycles. The van der Waals surface area contributed by atoms with Gasteiger partial charge in [-0.15, -0.1) is 0 Å². The highest BCUT2D eigenvalue weighted by Gasteiger charge is 2.19. The average Bonchev–Trinajstić information content (AvgIpc) is 2.86. The highest BCUT2D eigenvalue weighted by Crippen LogP contribution is 2.20. The van der Waals surface area contributed by atoms with Gasteiger partial charge in [0, 0.05) is 18.2 Å². The fraction of sp³-hybridized carbons (Fsp3) is 0.600. The summed E-state index contributed by atoms with van der Waals surface area (Å²) in [5, 5.41) is 2.70. The Bertz CT molecular complexity index is 740. The smallest absolute Gasteiger partial charge is 0.407 e. The molecule has 0 radical (unpaired) electrons. The van der Waals surface area contributed by atoms with Gasteiger partial charge in [-0.25, -0.2) is 4.79 Å². The first-order valence-corrected chi connectivity index (χ1v) is 13.6. The number of anilines is 1. The molecular formula is C30H48N2O3. The molecule has 1 unspecified atom stereocenters. The highest BCUT2D eigenvalue weighted by atomic mass is 16.5. The molecule has 0 aromatic heterocycles. The summed E-state index contributed by atoms with van der Waals surface area (Å²) in [6.45, 7) is 4.55. The van der Waals surface area contributed by atoms with Crippen molar-refractivity contribution in [3.63, 3.8) is 0 Å². The second-order valence-electron chi connectivity index (χ2n) is 9.26. The van der Waals surface area contributed by atoms with Crippen molar-refractivity contribution in [3.05, 3.63) is 54.1 Å². The molecule has 0 saturated heterocycles. The number of nitrogens with two attached hydrogens (primary N) is 1. The molecule has 0 fully saturated rings. The first-order valence-electron chi connectivity index (χ1n) is 13.6. The van der Waals surface area contributed by atoms with Crippen LogP contribution in [0.2, 0.25) is 0 Å². The molecule has 0 saturated carbocycles. The second-order valence-corrected chi connectivity index (χ2v) is 9.26. The van der Waals surface area contributed by atoms with Crippen molar-refractivity contribution < 1.29 is 14.3 Å². The second kappa shape index (κ2) is 20.8. The zero-order valence-electron chi connectivity index (χ0n) is 22.1. The van der Waals surface area contributed by atoms with E-state index >= 15 is 0 Å². The summed E-state index contributed by atoms with van der Waals surface area (Å²) in [4.78, 5) is 24.9. The summed E-state index contributed by atoms with van der Waals surface area (Å²) in [7, 11) is 0. The van der Waals surface area contributed by atoms with Crippen molar-refractivity contribution in [2.24, 2.45) is 5.92 Å². The number of ketones is 1. The topological polar surface area (TPSA) is 81.4 Å². The van der Waals surface area contributed by atoms with Crippen LogP contribution in [0, 0.1) is 5.92 Å². The molecule has 5 nitrogen and oxygen atoms in total. The molecule has 1 aromatic carbocycles. The van der Waals surface area contributed by atoms with Crippen LogP contribution in [0.15, 0.2) is 48.6 Å². The Balaban J connectivity index is 2.35. The number of nitrogens with one attached hydrogen (secondary N) is 1. The van der Waals surface area contributed by atoms with Gasteiger partial charge in [-0.2, -0.15) is 0 Å². The lowest BCUT2D eigenvalue weighted by Gasteiger charge is -2.16. The van der Waals surface area contributed by atoms with Gasteiger partial charge in [0.25, 0.3) is 0 Å². The van der Waals surface area contributed by atoms with Gasteiger partial charge in [0.2, 0.25) is 0 Å². The highest BCUT2D eigenvalue weighted by molar-refractivity contribution is 5.84. The first kappa shape index (κ1) is 30.5. The van der Waals surface area contributed by atoms with Crippen molar-refractivity contribution in [2.75, 3.05) is 12.3 Å². The van der Waals surface area contributed by atoms with Crippen LogP contribution < -0.4 is 11.1 Å². The van der Waals surface area contributed by atoms with Gasteiger partial charge in [-0.1, -0.05) is 95.2 Å². The minimum absolute atomic E-state index is 0.0174. The molecule has 0 aliphatic heterocycles. The molecule has 0 aliphatic carbocycles. The van der Waals surface area contributed by atoms with Gasteiger partial charge in [0.15, 0.2) is 12.4 Å². The molecule has 1 atom stereocenters. The van der Waals surface area contributed by atoms with Gasteiger partial charge in [0.05, 0.1) is 0 Å². The number of hydrogen-bond donors (Lipinski definition) is 2. The van der Waals surface area contributed by atoms with E-state index in [2.05, 4.69) is 43.5 Å². The first-order chi connectivity index (χ1) is 17.1. The average molecular weight is 485 g/mol. The lowest BCUT2D eigenvalue weighted by atomic mass is 9.91. The van der Waals surface area contributed by atoms with Crippen LogP contribution in [0.3, 0.4) is 0 Å². The van der Waals surface area contributed by atoms with Crippen LogP contribution >= 0.6 is 0 Å². The fourth-order valence-corrected chi connectivity index (χ4v) is 3.96. The minimum atomic E-state index is -0.558. The van der Waals surface area contributed by atoms with Crippen LogP contribution in [0.1, 0.15) is 103 Å². The van der Waals surface area contributed by atoms with Crippen LogP contribution in [0.5, 0.6) is 0 Å². The lowest BCUT2D eigenvalue weighted by molar-refractivity contribution is -0.126. The van der Waals surface area contributed by atoms with Gasteiger partial charge in [-0.3, -0.25) is 4.79 Å². The standard InChI is InChI=1S/C30H48N2O3/c1-3-5-7-9-10-11-12-13-15-17-19-27(18-16-14-8-6-4-2)29(33)25-35-30(34)32-24-26-20-22-28(31)23-21-26/h5,7,10-11,20-23,27H,3-4,6,8-9,12-19,24-25,31H2,1-2H3,(H,32,34). The predicted molar refractivity (Wildman–Crippen MR) is 147 cm³/mol. The quantitative estimate of drug-likeness (QED) is 0.112. The Kier molecular flexibility index (Phi) is 18.1. The molecule has 5 heteroatoms. The Labute approximate surface area is 213 Å². The maximum absolute atomic E-state index is 12.8. The summed E-state index contributed by atoms with van der Waals surface area (Å²) in [5.74, 6) is 0.0296. The Morgan fingerprint density at radius 1 is 0.886 bits per heavy atom. The monoisotopic (exact) mass is 484 g/mol. The zero-order valence-corrected chi connectivity index (χ0v) is 22.1. The number of Topliss-reactive ketones (excluding diaryl/α,β-unsaturated/α-hetero) is 1. The predicted octanol–water partition coefficient (Wildman–Crippen LogP) is 7.90. The summed E-state index contributed by atoms with van der Waals surface area (Å²) >= 11 is 0. The van der Waals surface area contributed by atoms with Crippen LogP contribution in [-0.4, -0.2) is 18.5 Å². The number of rotatable bonds is 20. The molecular weight excluding hydrogens is 436 g/mol. The van der Waals surface area contributed by atoms with Crippen molar-refractivity contribution in [1.82, 2.24) is 5.32 Å². The van der Waals surface area contributed by atoms with E-state index in [0.29, 0.717) is 12.2 Å². The summed E-state index contributed by atoms with van der Waals surface area (Å²) in [5.41, 5.74) is 7.29. The number of carbonyl (C=O) groups is 2. The molecule has 1 aromatic rings. The summed E-state index contributed by atoms with van der Waals surface area (Å²) in [6, 6.07) is 7.29. The lowest BCUT2D eigenvalue weighted by Crippen LogP contribution is -2.28. The number of allylic oxidation sites excluding steroid dienone is 4. The molecule has 196 valence electrons. The van der Waals surface area contributed by atoms with E-state index < -0.39 is 6.09 Å². The third-order valence-electron chi connectivity index (χ3n) is 6.14. The van der Waals surface area contributed by atoms with Crippen LogP contribution in [0.25, 0.3) is 0 Å². The molecule has 35 heavy (non-hydrogen) atoms. The molecule has 0 bridgehead atoms. The van der Waals surface area contributed by atoms with E-state index in [4.69, 9.17) is 10.5 Å². The van der Waals surface area contributed by atoms with Crippen molar-refractivity contribution in [1.29, 1.82) is 0 Å². The number of carbonyl (C=O) groups excluding carboxylic acids is 2. The van der Waals surface area contributed by atoms with E-state index in [1.54, 1.807) is 12.1 Å². The number of alkyl carbamates (subject to hydrolysis) is 1. The van der Waals surface area contributed by atoms with Crippen LogP contribution in [0.4, 0.5) is 10.5 Å². The van der Waals surface area contributed by atoms with E-state index in [1.807, 2.05) is 12.1 Å². The number of unbranched alkanes of at least 4 members (excludes halogenated alkanes) is 7. The van der Waals surface area contributed by atoms with Crippen molar-refractivity contribution in [2.45, 2.75) is 104 Å².